The molecule has 3 aromatic carbocycles. The summed E-state index contributed by atoms with van der Waals surface area (Å²) in [4.78, 5) is 24.2. The van der Waals surface area contributed by atoms with Gasteiger partial charge < -0.3 is 24.4 Å². The second kappa shape index (κ2) is 21.8. The van der Waals surface area contributed by atoms with E-state index >= 15 is 0 Å². The number of ether oxygens (including phenoxy) is 3. The molecule has 2 N–H and O–H groups in total. The maximum Gasteiger partial charge on any atom is 0.333 e. The van der Waals surface area contributed by atoms with Crippen LogP contribution in [-0.4, -0.2) is 55.2 Å². The molecule has 4 rings (SSSR count). The normalized spacial score (nSPS) is 15.7. The average Bonchev–Trinajstić information content (AvgIpc) is 3.20. The smallest absolute Gasteiger partial charge is 0.333 e. The van der Waals surface area contributed by atoms with Crippen molar-refractivity contribution in [2.24, 2.45) is 11.3 Å². The molecule has 55 heavy (non-hydrogen) atoms. The zero-order chi connectivity index (χ0) is 39.8. The lowest BCUT2D eigenvalue weighted by Crippen LogP contribution is -2.32. The summed E-state index contributed by atoms with van der Waals surface area (Å²) < 4.78 is 17.5. The molecule has 1 aliphatic rings. The Labute approximate surface area is 329 Å². The molecular formula is C48H64O7. The summed E-state index contributed by atoms with van der Waals surface area (Å²) in [6.45, 7) is 15.7. The van der Waals surface area contributed by atoms with Crippen molar-refractivity contribution < 1.29 is 34.0 Å². The minimum Gasteiger partial charge on any atom is -0.493 e. The van der Waals surface area contributed by atoms with Crippen LogP contribution < -0.4 is 4.74 Å². The second-order valence-corrected chi connectivity index (χ2v) is 15.8. The molecule has 0 radical (unpaired) electrons. The lowest BCUT2D eigenvalue weighted by Gasteiger charge is -2.30. The Kier molecular flexibility index (Phi) is 17.2. The number of unbranched alkanes of at least 4 members (excludes halogenated alkanes) is 1. The highest BCUT2D eigenvalue weighted by Crippen LogP contribution is 2.38. The van der Waals surface area contributed by atoms with Crippen LogP contribution in [0.3, 0.4) is 0 Å². The van der Waals surface area contributed by atoms with Gasteiger partial charge in [0.1, 0.15) is 5.75 Å². The van der Waals surface area contributed by atoms with Gasteiger partial charge in [0, 0.05) is 16.6 Å². The number of aliphatic hydroxyl groups is 2. The lowest BCUT2D eigenvalue weighted by atomic mass is 9.79. The summed E-state index contributed by atoms with van der Waals surface area (Å²) in [6.07, 6.45) is 10.6. The molecule has 1 saturated carbocycles. The summed E-state index contributed by atoms with van der Waals surface area (Å²) in [6, 6.07) is 22.1. The molecule has 0 heterocycles. The van der Waals surface area contributed by atoms with Gasteiger partial charge in [-0.1, -0.05) is 101 Å². The Balaban J connectivity index is 1.63. The van der Waals surface area contributed by atoms with Crippen molar-refractivity contribution in [1.29, 1.82) is 0 Å². The molecular weight excluding hydrogens is 689 g/mol. The number of carbonyl (C=O) groups is 2. The van der Waals surface area contributed by atoms with E-state index in [0.29, 0.717) is 62.2 Å². The Morgan fingerprint density at radius 2 is 1.16 bits per heavy atom. The van der Waals surface area contributed by atoms with E-state index in [1.807, 2.05) is 0 Å². The predicted molar refractivity (Wildman–Crippen MR) is 222 cm³/mol. The molecule has 7 heteroatoms. The van der Waals surface area contributed by atoms with Gasteiger partial charge in [-0.05, 0) is 128 Å². The first-order valence-electron chi connectivity index (χ1n) is 20.4. The molecule has 0 spiro atoms. The van der Waals surface area contributed by atoms with E-state index in [-0.39, 0.29) is 26.4 Å². The van der Waals surface area contributed by atoms with E-state index in [0.717, 1.165) is 52.3 Å². The third-order valence-electron chi connectivity index (χ3n) is 11.1. The number of hydrogen-bond donors (Lipinski definition) is 2. The molecule has 1 fully saturated rings. The fourth-order valence-corrected chi connectivity index (χ4v) is 7.39. The van der Waals surface area contributed by atoms with Crippen molar-refractivity contribution in [3.8, 4) is 28.0 Å². The predicted octanol–water partition coefficient (Wildman–Crippen LogP) is 10.3. The van der Waals surface area contributed by atoms with Crippen molar-refractivity contribution in [2.75, 3.05) is 33.0 Å². The lowest BCUT2D eigenvalue weighted by molar-refractivity contribution is -0.139. The molecule has 298 valence electrons. The minimum absolute atomic E-state index is 0.117. The van der Waals surface area contributed by atoms with Gasteiger partial charge in [0.25, 0.3) is 0 Å². The minimum atomic E-state index is -0.625. The number of aryl methyl sites for hydroxylation is 2. The molecule has 1 aliphatic carbocycles. The molecule has 0 saturated heterocycles. The average molecular weight is 753 g/mol. The van der Waals surface area contributed by atoms with E-state index in [1.165, 1.54) is 36.8 Å². The third-order valence-corrected chi connectivity index (χ3v) is 11.1. The van der Waals surface area contributed by atoms with E-state index in [4.69, 9.17) is 14.2 Å². The zero-order valence-corrected chi connectivity index (χ0v) is 33.8. The quantitative estimate of drug-likeness (QED) is 0.0598. The topological polar surface area (TPSA) is 102 Å². The van der Waals surface area contributed by atoms with Crippen LogP contribution in [0.4, 0.5) is 0 Å². The fourth-order valence-electron chi connectivity index (χ4n) is 7.39. The van der Waals surface area contributed by atoms with Gasteiger partial charge in [-0.2, -0.15) is 0 Å². The van der Waals surface area contributed by atoms with Crippen molar-refractivity contribution in [3.63, 3.8) is 0 Å². The maximum atomic E-state index is 12.1. The van der Waals surface area contributed by atoms with Crippen LogP contribution in [0.25, 0.3) is 22.3 Å². The highest BCUT2D eigenvalue weighted by atomic mass is 16.5. The van der Waals surface area contributed by atoms with Crippen LogP contribution in [-0.2, 0) is 31.9 Å². The fraction of sp³-hybridized carbons (Fsp3) is 0.500. The summed E-state index contributed by atoms with van der Waals surface area (Å²) >= 11 is 0. The van der Waals surface area contributed by atoms with Crippen molar-refractivity contribution in [1.82, 2.24) is 0 Å². The molecule has 0 bridgehead atoms. The summed E-state index contributed by atoms with van der Waals surface area (Å²) in [5, 5.41) is 20.6. The van der Waals surface area contributed by atoms with Crippen LogP contribution in [0.1, 0.15) is 115 Å². The SMILES string of the molecule is C=C(C)C(=O)OCCCc1cc(-c2ccc(-c3ccc(C4CCC(C)CC4)cc3)cc2)cc(CCCOC(=O)C(=C)C)c1OCCC(CO)(CO)CCCC. The second-order valence-electron chi connectivity index (χ2n) is 15.8. The Bertz CT molecular complexity index is 1640. The van der Waals surface area contributed by atoms with Crippen LogP contribution in [0.5, 0.6) is 5.75 Å². The molecule has 0 amide bonds. The first-order valence-corrected chi connectivity index (χ1v) is 20.4. The van der Waals surface area contributed by atoms with Gasteiger partial charge >= 0.3 is 11.9 Å². The number of rotatable bonds is 22. The summed E-state index contributed by atoms with van der Waals surface area (Å²) in [5.41, 5.74) is 7.93. The molecule has 7 nitrogen and oxygen atoms in total. The molecule has 0 unspecified atom stereocenters. The van der Waals surface area contributed by atoms with E-state index in [9.17, 15) is 19.8 Å². The van der Waals surface area contributed by atoms with Crippen LogP contribution >= 0.6 is 0 Å². The Morgan fingerprint density at radius 1 is 0.691 bits per heavy atom. The Hall–Kier alpha value is -4.20. The highest BCUT2D eigenvalue weighted by molar-refractivity contribution is 5.87. The zero-order valence-electron chi connectivity index (χ0n) is 33.8. The van der Waals surface area contributed by atoms with Crippen LogP contribution in [0.15, 0.2) is 85.0 Å². The Morgan fingerprint density at radius 3 is 1.62 bits per heavy atom. The van der Waals surface area contributed by atoms with Crippen molar-refractivity contribution >= 4 is 11.9 Å². The van der Waals surface area contributed by atoms with Gasteiger partial charge in [0.15, 0.2) is 0 Å². The maximum absolute atomic E-state index is 12.1. The van der Waals surface area contributed by atoms with Gasteiger partial charge in [-0.3, -0.25) is 0 Å². The monoisotopic (exact) mass is 752 g/mol. The van der Waals surface area contributed by atoms with E-state index < -0.39 is 17.4 Å². The summed E-state index contributed by atoms with van der Waals surface area (Å²) in [5.74, 6) is 1.41. The summed E-state index contributed by atoms with van der Waals surface area (Å²) in [7, 11) is 0. The molecule has 3 aromatic rings. The standard InChI is InChI=1S/C48H64O7/c1-7-8-25-48(32-49,33-50)26-29-53-45-42(11-9-27-54-46(51)34(2)3)30-44(31-43(45)12-10-28-55-47(52)35(4)5)41-23-21-40(22-24-41)39-19-17-38(18-20-39)37-15-13-36(6)14-16-37/h17-24,30-31,36-37,49-50H,2,4,7-16,25-29,32-33H2,1,3,5-6H3. The number of benzene rings is 3. The molecule has 0 aromatic heterocycles. The molecule has 0 atom stereocenters. The van der Waals surface area contributed by atoms with Gasteiger partial charge in [0.2, 0.25) is 0 Å². The highest BCUT2D eigenvalue weighted by Gasteiger charge is 2.28. The van der Waals surface area contributed by atoms with Crippen molar-refractivity contribution in [2.45, 2.75) is 111 Å². The number of aliphatic hydroxyl groups excluding tert-OH is 2. The third kappa shape index (κ3) is 12.9. The van der Waals surface area contributed by atoms with Crippen molar-refractivity contribution in [3.05, 3.63) is 102 Å². The van der Waals surface area contributed by atoms with Gasteiger partial charge in [-0.25, -0.2) is 9.59 Å². The number of esters is 2. The molecule has 0 aliphatic heterocycles. The van der Waals surface area contributed by atoms with E-state index in [1.54, 1.807) is 13.8 Å². The van der Waals surface area contributed by atoms with Crippen LogP contribution in [0.2, 0.25) is 0 Å². The van der Waals surface area contributed by atoms with Crippen LogP contribution in [0, 0.1) is 11.3 Å². The van der Waals surface area contributed by atoms with Gasteiger partial charge in [0.05, 0.1) is 33.0 Å². The first kappa shape index (κ1) is 43.5. The van der Waals surface area contributed by atoms with Gasteiger partial charge in [-0.15, -0.1) is 0 Å². The van der Waals surface area contributed by atoms with E-state index in [2.05, 4.69) is 87.7 Å². The number of hydrogen-bond acceptors (Lipinski definition) is 7. The first-order chi connectivity index (χ1) is 26.5. The number of carbonyl (C=O) groups excluding carboxylic acids is 2. The largest absolute Gasteiger partial charge is 0.493 e.